The van der Waals surface area contributed by atoms with Crippen LogP contribution in [-0.2, 0) is 11.3 Å². The summed E-state index contributed by atoms with van der Waals surface area (Å²) >= 11 is 6.34. The lowest BCUT2D eigenvalue weighted by Gasteiger charge is -2.19. The summed E-state index contributed by atoms with van der Waals surface area (Å²) < 4.78 is 21.9. The molecule has 3 aromatic rings. The molecule has 1 N–H and O–H groups in total. The second-order valence-corrected chi connectivity index (χ2v) is 8.21. The van der Waals surface area contributed by atoms with Crippen LogP contribution in [0.3, 0.4) is 0 Å². The number of nitrogens with zero attached hydrogens (tertiary/aromatic N) is 2. The smallest absolute Gasteiger partial charge is 0.258 e. The summed E-state index contributed by atoms with van der Waals surface area (Å²) in [7, 11) is 3.01. The van der Waals surface area contributed by atoms with Crippen molar-refractivity contribution in [1.29, 1.82) is 0 Å². The fourth-order valence-corrected chi connectivity index (χ4v) is 4.01. The molecule has 2 aromatic carbocycles. The highest BCUT2D eigenvalue weighted by Gasteiger charge is 2.17. The summed E-state index contributed by atoms with van der Waals surface area (Å²) in [4.78, 5) is 34.4. The predicted molar refractivity (Wildman–Crippen MR) is 133 cm³/mol. The van der Waals surface area contributed by atoms with Crippen LogP contribution in [0.1, 0.15) is 24.7 Å². The first kappa shape index (κ1) is 24.4. The third kappa shape index (κ3) is 5.35. The number of amides is 1. The minimum atomic E-state index is -0.327. The Balaban J connectivity index is 1.55. The molecule has 0 saturated carbocycles. The molecule has 4 rings (SSSR count). The lowest BCUT2D eigenvalue weighted by atomic mass is 10.2. The Bertz CT molecular complexity index is 1340. The molecular weight excluding hydrogens is 474 g/mol. The van der Waals surface area contributed by atoms with Crippen LogP contribution < -0.4 is 24.5 Å². The molecule has 0 aliphatic carbocycles. The van der Waals surface area contributed by atoms with Crippen molar-refractivity contribution in [2.75, 3.05) is 34.0 Å². The van der Waals surface area contributed by atoms with E-state index in [1.165, 1.54) is 20.3 Å². The van der Waals surface area contributed by atoms with Gasteiger partial charge in [0.25, 0.3) is 5.56 Å². The van der Waals surface area contributed by atoms with Crippen molar-refractivity contribution in [2.45, 2.75) is 19.9 Å². The van der Waals surface area contributed by atoms with Crippen molar-refractivity contribution >= 4 is 34.5 Å². The summed E-state index contributed by atoms with van der Waals surface area (Å²) in [5.41, 5.74) is 0.830. The first-order valence-electron chi connectivity index (χ1n) is 11.1. The van der Waals surface area contributed by atoms with Crippen molar-refractivity contribution in [2.24, 2.45) is 0 Å². The van der Waals surface area contributed by atoms with Crippen molar-refractivity contribution in [1.82, 2.24) is 14.9 Å². The fourth-order valence-electron chi connectivity index (χ4n) is 3.74. The number of halogens is 1. The second-order valence-electron chi connectivity index (χ2n) is 7.80. The highest BCUT2D eigenvalue weighted by atomic mass is 35.5. The number of fused-ring (bicyclic) bond motifs is 2. The van der Waals surface area contributed by atoms with Gasteiger partial charge < -0.3 is 28.8 Å². The van der Waals surface area contributed by atoms with E-state index in [0.717, 1.165) is 6.42 Å². The summed E-state index contributed by atoms with van der Waals surface area (Å²) in [5, 5.41) is 0.792. The van der Waals surface area contributed by atoms with E-state index >= 15 is 0 Å². The van der Waals surface area contributed by atoms with Crippen LogP contribution in [0.15, 0.2) is 35.1 Å². The molecule has 1 aromatic heterocycles. The quantitative estimate of drug-likeness (QED) is 0.493. The highest BCUT2D eigenvalue weighted by Crippen LogP contribution is 2.38. The summed E-state index contributed by atoms with van der Waals surface area (Å²) in [6.07, 6.45) is 3.89. The normalized spacial score (nSPS) is 13.0. The van der Waals surface area contributed by atoms with Crippen molar-refractivity contribution in [3.63, 3.8) is 0 Å². The highest BCUT2D eigenvalue weighted by molar-refractivity contribution is 6.32. The van der Waals surface area contributed by atoms with E-state index in [2.05, 4.69) is 9.97 Å². The average Bonchev–Trinajstić information content (AvgIpc) is 3.11. The Morgan fingerprint density at radius 3 is 2.66 bits per heavy atom. The molecule has 1 aliphatic heterocycles. The molecule has 0 radical (unpaired) electrons. The molecule has 35 heavy (non-hydrogen) atoms. The summed E-state index contributed by atoms with van der Waals surface area (Å²) in [6, 6.07) is 6.73. The Morgan fingerprint density at radius 1 is 1.17 bits per heavy atom. The van der Waals surface area contributed by atoms with Gasteiger partial charge in [0.1, 0.15) is 5.82 Å². The number of aromatic amines is 1. The second kappa shape index (κ2) is 10.7. The van der Waals surface area contributed by atoms with Gasteiger partial charge in [0.15, 0.2) is 23.0 Å². The topological polar surface area (TPSA) is 103 Å². The van der Waals surface area contributed by atoms with E-state index in [-0.39, 0.29) is 18.0 Å². The molecule has 10 heteroatoms. The monoisotopic (exact) mass is 499 g/mol. The zero-order valence-electron chi connectivity index (χ0n) is 19.7. The van der Waals surface area contributed by atoms with Crippen LogP contribution in [0.2, 0.25) is 5.02 Å². The zero-order valence-corrected chi connectivity index (χ0v) is 20.5. The van der Waals surface area contributed by atoms with Gasteiger partial charge in [-0.2, -0.15) is 0 Å². The van der Waals surface area contributed by atoms with Crippen LogP contribution >= 0.6 is 11.6 Å². The molecule has 0 bridgehead atoms. The molecule has 1 amide bonds. The lowest BCUT2D eigenvalue weighted by molar-refractivity contribution is -0.126. The standard InChI is InChI=1S/C25H26ClN3O6/c1-4-29(14-22-27-18-13-20(33-3)19(32-2)12-16(18)25(31)28-22)23(30)7-6-15-10-17(26)24-21(11-15)34-8-5-9-35-24/h6-7,10-13H,4-5,8-9,14H2,1-3H3,(H,27,28,31). The minimum absolute atomic E-state index is 0.126. The van der Waals surface area contributed by atoms with Gasteiger partial charge in [-0.3, -0.25) is 9.59 Å². The van der Waals surface area contributed by atoms with E-state index in [4.69, 9.17) is 30.5 Å². The molecule has 0 unspecified atom stereocenters. The predicted octanol–water partition coefficient (Wildman–Crippen LogP) is 3.82. The van der Waals surface area contributed by atoms with E-state index in [1.807, 2.05) is 6.92 Å². The number of ether oxygens (including phenoxy) is 4. The molecule has 0 atom stereocenters. The summed E-state index contributed by atoms with van der Waals surface area (Å²) in [6.45, 7) is 3.47. The molecule has 0 spiro atoms. The average molecular weight is 500 g/mol. The van der Waals surface area contributed by atoms with Crippen molar-refractivity contribution in [3.8, 4) is 23.0 Å². The Hall–Kier alpha value is -3.72. The first-order valence-corrected chi connectivity index (χ1v) is 11.5. The number of rotatable bonds is 7. The van der Waals surface area contributed by atoms with Gasteiger partial charge in [0, 0.05) is 25.1 Å². The minimum Gasteiger partial charge on any atom is -0.493 e. The maximum absolute atomic E-state index is 12.9. The van der Waals surface area contributed by atoms with Gasteiger partial charge in [0.05, 0.1) is 49.9 Å². The van der Waals surface area contributed by atoms with Crippen molar-refractivity contribution in [3.05, 3.63) is 57.1 Å². The number of H-pyrrole nitrogens is 1. The number of aromatic nitrogens is 2. The third-order valence-electron chi connectivity index (χ3n) is 5.54. The zero-order chi connectivity index (χ0) is 24.9. The number of carbonyl (C=O) groups is 1. The van der Waals surface area contributed by atoms with Crippen LogP contribution in [-0.4, -0.2) is 54.8 Å². The first-order chi connectivity index (χ1) is 16.9. The number of likely N-dealkylation sites (N-methyl/N-ethyl adjacent to an activating group) is 1. The van der Waals surface area contributed by atoms with Gasteiger partial charge in [-0.05, 0) is 36.8 Å². The maximum Gasteiger partial charge on any atom is 0.258 e. The van der Waals surface area contributed by atoms with Crippen LogP contribution in [0.4, 0.5) is 0 Å². The molecule has 2 heterocycles. The number of methoxy groups -OCH3 is 2. The Morgan fingerprint density at radius 2 is 1.91 bits per heavy atom. The SMILES string of the molecule is CCN(Cc1nc2cc(OC)c(OC)cc2c(=O)[nH]1)C(=O)C=Cc1cc(Cl)c2c(c1)OCCCO2. The van der Waals surface area contributed by atoms with E-state index < -0.39 is 0 Å². The van der Waals surface area contributed by atoms with Gasteiger partial charge in [-0.1, -0.05) is 11.6 Å². The van der Waals surface area contributed by atoms with Crippen LogP contribution in [0.25, 0.3) is 17.0 Å². The van der Waals surface area contributed by atoms with E-state index in [0.29, 0.717) is 70.1 Å². The van der Waals surface area contributed by atoms with Crippen LogP contribution in [0.5, 0.6) is 23.0 Å². The maximum atomic E-state index is 12.9. The molecular formula is C25H26ClN3O6. The van der Waals surface area contributed by atoms with Gasteiger partial charge in [-0.15, -0.1) is 0 Å². The Labute approximate surface area is 207 Å². The number of hydrogen-bond donors (Lipinski definition) is 1. The molecule has 184 valence electrons. The molecule has 0 saturated heterocycles. The molecule has 0 fully saturated rings. The van der Waals surface area contributed by atoms with Crippen LogP contribution in [0, 0.1) is 0 Å². The Kier molecular flexibility index (Phi) is 7.45. The fraction of sp³-hybridized carbons (Fsp3) is 0.320. The lowest BCUT2D eigenvalue weighted by Crippen LogP contribution is -2.30. The van der Waals surface area contributed by atoms with E-state index in [9.17, 15) is 9.59 Å². The van der Waals surface area contributed by atoms with Gasteiger partial charge in [-0.25, -0.2) is 4.98 Å². The summed E-state index contributed by atoms with van der Waals surface area (Å²) in [5.74, 6) is 2.08. The van der Waals surface area contributed by atoms with Gasteiger partial charge in [0.2, 0.25) is 5.91 Å². The van der Waals surface area contributed by atoms with Gasteiger partial charge >= 0.3 is 0 Å². The third-order valence-corrected chi connectivity index (χ3v) is 5.82. The molecule has 9 nitrogen and oxygen atoms in total. The largest absolute Gasteiger partial charge is 0.493 e. The molecule has 1 aliphatic rings. The number of nitrogens with one attached hydrogen (secondary N) is 1. The number of benzene rings is 2. The van der Waals surface area contributed by atoms with E-state index in [1.54, 1.807) is 35.2 Å². The van der Waals surface area contributed by atoms with Crippen molar-refractivity contribution < 1.29 is 23.7 Å². The number of hydrogen-bond acceptors (Lipinski definition) is 7. The number of carbonyl (C=O) groups excluding carboxylic acids is 1.